The molecular formula is C5H7Br2Mg. The van der Waals surface area contributed by atoms with Crippen LogP contribution in [0.15, 0.2) is 0 Å². The van der Waals surface area contributed by atoms with Crippen LogP contribution in [0.1, 0.15) is 19.8 Å². The van der Waals surface area contributed by atoms with Crippen LogP contribution in [-0.2, 0) is 0 Å². The normalized spacial score (nSPS) is 5.25. The summed E-state index contributed by atoms with van der Waals surface area (Å²) in [6, 6.07) is 0. The largest absolute Gasteiger partial charge is 0.560 e. The van der Waals surface area contributed by atoms with E-state index >= 15 is 0 Å². The third-order valence-corrected chi connectivity index (χ3v) is 0.375. The fraction of sp³-hybridized carbons (Fsp3) is 0.600. The first-order valence-corrected chi connectivity index (χ1v) is 10.1. The van der Waals surface area contributed by atoms with Crippen LogP contribution in [-0.4, -0.2) is 16.0 Å². The highest BCUT2D eigenvalue weighted by Crippen LogP contribution is 1.78. The van der Waals surface area contributed by atoms with Gasteiger partial charge in [-0.1, -0.05) is 12.8 Å². The first-order chi connectivity index (χ1) is 3.83. The lowest BCUT2D eigenvalue weighted by molar-refractivity contribution is 0.983. The van der Waals surface area contributed by atoms with Gasteiger partial charge in [-0.05, 0) is 12.8 Å². The molecular weight excluding hydrogens is 244 g/mol. The first kappa shape index (κ1) is 12.0. The second kappa shape index (κ2) is 15.7. The Morgan fingerprint density at radius 1 is 1.62 bits per heavy atom. The number of hydrogen-bond donors (Lipinski definition) is 0. The van der Waals surface area contributed by atoms with Crippen molar-refractivity contribution in [1.82, 2.24) is 0 Å². The second-order valence-corrected chi connectivity index (χ2v) is 9.11. The van der Waals surface area contributed by atoms with Crippen molar-refractivity contribution in [2.45, 2.75) is 19.8 Å². The van der Waals surface area contributed by atoms with Gasteiger partial charge >= 0.3 is 16.0 Å². The molecule has 0 saturated carbocycles. The Kier molecular flexibility index (Phi) is 23.6. The van der Waals surface area contributed by atoms with Crippen LogP contribution < -0.4 is 0 Å². The van der Waals surface area contributed by atoms with Crippen molar-refractivity contribution in [3.8, 4) is 5.92 Å². The Balaban J connectivity index is 0. The summed E-state index contributed by atoms with van der Waals surface area (Å²) in [5.74, 6) is 2.27. The van der Waals surface area contributed by atoms with E-state index in [1.165, 1.54) is 0 Å². The summed E-state index contributed by atoms with van der Waals surface area (Å²) in [5, 5.41) is 0. The van der Waals surface area contributed by atoms with Crippen LogP contribution in [0.3, 0.4) is 0 Å². The molecule has 0 aliphatic carbocycles. The Bertz CT molecular complexity index is 57.9. The molecule has 0 atom stereocenters. The Morgan fingerprint density at radius 3 is 2.00 bits per heavy atom. The summed E-state index contributed by atoms with van der Waals surface area (Å²) in [6.45, 7) is 2.03. The zero-order valence-corrected chi connectivity index (χ0v) is 9.46. The Morgan fingerprint density at radius 2 is 2.00 bits per heavy atom. The number of unbranched alkanes of at least 4 members (excludes halogenated alkanes) is 1. The predicted octanol–water partition coefficient (Wildman–Crippen LogP) is 2.69. The summed E-state index contributed by atoms with van der Waals surface area (Å²) in [4.78, 5) is 0. The predicted molar refractivity (Wildman–Crippen MR) is 45.6 cm³/mol. The minimum atomic E-state index is 0.0417. The van der Waals surface area contributed by atoms with Crippen LogP contribution in [0.2, 0.25) is 0 Å². The van der Waals surface area contributed by atoms with Gasteiger partial charge in [0.15, 0.2) is 0 Å². The molecule has 0 aliphatic rings. The summed E-state index contributed by atoms with van der Waals surface area (Å²) in [6.07, 6.45) is 8.20. The van der Waals surface area contributed by atoms with E-state index in [9.17, 15) is 0 Å². The molecule has 0 aromatic heterocycles. The SMILES string of the molecule is [Br][Mg][Br].[C]#CCCC. The molecule has 8 heavy (non-hydrogen) atoms. The van der Waals surface area contributed by atoms with E-state index in [2.05, 4.69) is 31.7 Å². The highest BCUT2D eigenvalue weighted by atomic mass is 79.9. The minimum Gasteiger partial charge on any atom is -0.280 e. The van der Waals surface area contributed by atoms with Crippen LogP contribution in [0.25, 0.3) is 0 Å². The maximum atomic E-state index is 6.35. The van der Waals surface area contributed by atoms with Crippen molar-refractivity contribution in [3.05, 3.63) is 6.42 Å². The molecule has 0 amide bonds. The zero-order chi connectivity index (χ0) is 6.83. The fourth-order valence-electron chi connectivity index (χ4n) is 0.125. The average Bonchev–Trinajstić information content (AvgIpc) is 1.71. The van der Waals surface area contributed by atoms with Crippen LogP contribution >= 0.6 is 25.8 Å². The van der Waals surface area contributed by atoms with Crippen LogP contribution in [0.4, 0.5) is 0 Å². The maximum Gasteiger partial charge on any atom is 0.560 e. The van der Waals surface area contributed by atoms with E-state index in [-0.39, 0.29) is 16.0 Å². The fourth-order valence-corrected chi connectivity index (χ4v) is 0.125. The molecule has 0 aromatic carbocycles. The lowest BCUT2D eigenvalue weighted by Gasteiger charge is -1.68. The number of rotatable bonds is 1. The van der Waals surface area contributed by atoms with Crippen molar-refractivity contribution in [3.63, 3.8) is 0 Å². The monoisotopic (exact) mass is 249 g/mol. The molecule has 0 bridgehead atoms. The van der Waals surface area contributed by atoms with Gasteiger partial charge in [0.1, 0.15) is 0 Å². The van der Waals surface area contributed by atoms with Gasteiger partial charge in [-0.2, -0.15) is 0 Å². The summed E-state index contributed by atoms with van der Waals surface area (Å²) in [5.41, 5.74) is 0. The minimum absolute atomic E-state index is 0.0417. The van der Waals surface area contributed by atoms with Crippen molar-refractivity contribution in [2.24, 2.45) is 0 Å². The summed E-state index contributed by atoms with van der Waals surface area (Å²) >= 11 is 6.44. The molecule has 0 spiro atoms. The van der Waals surface area contributed by atoms with E-state index < -0.39 is 0 Å². The molecule has 3 heteroatoms. The van der Waals surface area contributed by atoms with E-state index in [1.807, 2.05) is 6.92 Å². The molecule has 1 radical (unpaired) electrons. The third kappa shape index (κ3) is 26.7. The second-order valence-electron chi connectivity index (χ2n) is 1.03. The highest BCUT2D eigenvalue weighted by Gasteiger charge is 1.62. The molecule has 0 nitrogen and oxygen atoms in total. The van der Waals surface area contributed by atoms with Crippen molar-refractivity contribution < 1.29 is 0 Å². The molecule has 43 valence electrons. The van der Waals surface area contributed by atoms with Crippen molar-refractivity contribution >= 4 is 41.8 Å². The Labute approximate surface area is 73.3 Å². The van der Waals surface area contributed by atoms with Gasteiger partial charge in [-0.25, -0.2) is 0 Å². The summed E-state index contributed by atoms with van der Waals surface area (Å²) in [7, 11) is 0. The molecule has 0 aliphatic heterocycles. The van der Waals surface area contributed by atoms with Crippen molar-refractivity contribution in [2.75, 3.05) is 0 Å². The molecule has 0 fully saturated rings. The molecule has 0 N–H and O–H groups in total. The van der Waals surface area contributed by atoms with Gasteiger partial charge in [0, 0.05) is 6.42 Å². The topological polar surface area (TPSA) is 0 Å². The van der Waals surface area contributed by atoms with Crippen molar-refractivity contribution in [1.29, 1.82) is 0 Å². The quantitative estimate of drug-likeness (QED) is 0.496. The number of halogens is 2. The van der Waals surface area contributed by atoms with Gasteiger partial charge in [-0.3, -0.25) is 25.8 Å². The molecule has 0 saturated heterocycles. The lowest BCUT2D eigenvalue weighted by Crippen LogP contribution is -1.53. The zero-order valence-electron chi connectivity index (χ0n) is 4.88. The average molecular weight is 251 g/mol. The van der Waals surface area contributed by atoms with E-state index in [0.29, 0.717) is 0 Å². The number of hydrogen-bond acceptors (Lipinski definition) is 0. The van der Waals surface area contributed by atoms with Crippen LogP contribution in [0.5, 0.6) is 0 Å². The molecule has 0 aromatic rings. The third-order valence-electron chi connectivity index (χ3n) is 0.375. The van der Waals surface area contributed by atoms with Gasteiger partial charge in [0.2, 0.25) is 0 Å². The molecule has 0 unspecified atom stereocenters. The van der Waals surface area contributed by atoms with E-state index in [1.54, 1.807) is 0 Å². The Hall–Kier alpha value is 1.29. The van der Waals surface area contributed by atoms with Gasteiger partial charge in [-0.15, -0.1) is 0 Å². The van der Waals surface area contributed by atoms with Gasteiger partial charge in [0.05, 0.1) is 0 Å². The first-order valence-electron chi connectivity index (χ1n) is 2.35. The van der Waals surface area contributed by atoms with Gasteiger partial charge < -0.3 is 0 Å². The molecule has 0 heterocycles. The van der Waals surface area contributed by atoms with E-state index in [0.717, 1.165) is 12.8 Å². The molecule has 0 rings (SSSR count). The highest BCUT2D eigenvalue weighted by molar-refractivity contribution is 9.47. The van der Waals surface area contributed by atoms with E-state index in [4.69, 9.17) is 6.42 Å². The maximum absolute atomic E-state index is 6.35. The van der Waals surface area contributed by atoms with Crippen LogP contribution in [0, 0.1) is 12.3 Å². The summed E-state index contributed by atoms with van der Waals surface area (Å²) < 4.78 is 0. The van der Waals surface area contributed by atoms with Gasteiger partial charge in [0.25, 0.3) is 0 Å². The standard InChI is InChI=1S/C5H7.2BrH.Mg/c1-3-5-4-2;;;/h3,5H2,1H3;2*1H;/q;;;+2/p-2. The smallest absolute Gasteiger partial charge is 0.280 e. The lowest BCUT2D eigenvalue weighted by atomic mass is 10.4.